The molecule has 0 aliphatic rings. The summed E-state index contributed by atoms with van der Waals surface area (Å²) in [7, 11) is 3.25. The van der Waals surface area contributed by atoms with E-state index >= 15 is 0 Å². The first-order valence-corrected chi connectivity index (χ1v) is 8.63. The zero-order chi connectivity index (χ0) is 18.8. The topological polar surface area (TPSA) is 57.1 Å². The lowest BCUT2D eigenvalue weighted by Crippen LogP contribution is -1.98. The molecule has 5 nitrogen and oxygen atoms in total. The van der Waals surface area contributed by atoms with Gasteiger partial charge in [-0.3, -0.25) is 0 Å². The van der Waals surface area contributed by atoms with Crippen LogP contribution in [-0.4, -0.2) is 29.2 Å². The van der Waals surface area contributed by atoms with Crippen molar-refractivity contribution in [2.45, 2.75) is 6.92 Å². The largest absolute Gasteiger partial charge is 0.493 e. The van der Waals surface area contributed by atoms with Gasteiger partial charge in [0, 0.05) is 16.6 Å². The molecule has 0 atom stereocenters. The maximum Gasteiger partial charge on any atom is 0.179 e. The van der Waals surface area contributed by atoms with Gasteiger partial charge in [-0.15, -0.1) is 0 Å². The van der Waals surface area contributed by atoms with Crippen molar-refractivity contribution in [3.63, 3.8) is 0 Å². The number of hydrogen-bond acceptors (Lipinski definition) is 5. The molecule has 2 aromatic heterocycles. The molecule has 4 rings (SSSR count). The third-order valence-electron chi connectivity index (χ3n) is 4.38. The van der Waals surface area contributed by atoms with Crippen LogP contribution in [0.3, 0.4) is 0 Å². The molecule has 0 bridgehead atoms. The van der Waals surface area contributed by atoms with Gasteiger partial charge in [0.05, 0.1) is 25.4 Å². The van der Waals surface area contributed by atoms with Gasteiger partial charge >= 0.3 is 0 Å². The molecular weight excluding hydrogens is 338 g/mol. The Morgan fingerprint density at radius 1 is 0.741 bits per heavy atom. The zero-order valence-electron chi connectivity index (χ0n) is 15.4. The quantitative estimate of drug-likeness (QED) is 0.530. The molecule has 2 heterocycles. The van der Waals surface area contributed by atoms with Crippen LogP contribution in [0.4, 0.5) is 0 Å². The first-order chi connectivity index (χ1) is 13.2. The van der Waals surface area contributed by atoms with Crippen molar-refractivity contribution in [2.75, 3.05) is 14.2 Å². The van der Waals surface area contributed by atoms with Crippen LogP contribution in [0, 0.1) is 6.92 Å². The number of nitrogens with zero attached hydrogens (tertiary/aromatic N) is 3. The average Bonchev–Trinajstić information content (AvgIpc) is 2.72. The van der Waals surface area contributed by atoms with Gasteiger partial charge in [-0.1, -0.05) is 24.3 Å². The van der Waals surface area contributed by atoms with Gasteiger partial charge in [-0.2, -0.15) is 0 Å². The molecule has 0 saturated heterocycles. The number of hydrogen-bond donors (Lipinski definition) is 0. The van der Waals surface area contributed by atoms with E-state index in [9.17, 15) is 0 Å². The molecule has 0 amide bonds. The van der Waals surface area contributed by atoms with Crippen molar-refractivity contribution in [1.29, 1.82) is 0 Å². The highest BCUT2D eigenvalue weighted by Crippen LogP contribution is 2.35. The SMILES string of the molecule is COc1ccc(-c2nc(-c3cccc(C)n3)nc3ccccc23)cc1OC. The van der Waals surface area contributed by atoms with E-state index in [4.69, 9.17) is 19.4 Å². The normalized spacial score (nSPS) is 10.8. The van der Waals surface area contributed by atoms with E-state index in [1.54, 1.807) is 14.2 Å². The van der Waals surface area contributed by atoms with Crippen LogP contribution in [-0.2, 0) is 0 Å². The number of methoxy groups -OCH3 is 2. The van der Waals surface area contributed by atoms with Crippen molar-refractivity contribution >= 4 is 10.9 Å². The lowest BCUT2D eigenvalue weighted by atomic mass is 10.1. The van der Waals surface area contributed by atoms with Crippen molar-refractivity contribution in [3.05, 3.63) is 66.4 Å². The molecule has 0 unspecified atom stereocenters. The van der Waals surface area contributed by atoms with Crippen LogP contribution in [0.2, 0.25) is 0 Å². The molecule has 0 spiro atoms. The van der Waals surface area contributed by atoms with Crippen LogP contribution in [0.15, 0.2) is 60.7 Å². The Morgan fingerprint density at radius 2 is 1.56 bits per heavy atom. The Balaban J connectivity index is 1.97. The molecule has 2 aromatic carbocycles. The van der Waals surface area contributed by atoms with Crippen molar-refractivity contribution in [3.8, 4) is 34.3 Å². The summed E-state index contributed by atoms with van der Waals surface area (Å²) in [4.78, 5) is 14.1. The Hall–Kier alpha value is -3.47. The van der Waals surface area contributed by atoms with E-state index in [2.05, 4.69) is 4.98 Å². The minimum Gasteiger partial charge on any atom is -0.493 e. The van der Waals surface area contributed by atoms with Gasteiger partial charge in [-0.05, 0) is 43.3 Å². The average molecular weight is 357 g/mol. The van der Waals surface area contributed by atoms with Gasteiger partial charge in [0.25, 0.3) is 0 Å². The predicted octanol–water partition coefficient (Wildman–Crippen LogP) is 4.68. The fraction of sp³-hybridized carbons (Fsp3) is 0.136. The molecule has 4 aromatic rings. The lowest BCUT2D eigenvalue weighted by Gasteiger charge is -2.12. The maximum atomic E-state index is 5.46. The molecule has 0 saturated carbocycles. The fourth-order valence-corrected chi connectivity index (χ4v) is 3.06. The van der Waals surface area contributed by atoms with Gasteiger partial charge in [-0.25, -0.2) is 15.0 Å². The van der Waals surface area contributed by atoms with E-state index in [0.29, 0.717) is 17.3 Å². The molecule has 0 aliphatic carbocycles. The van der Waals surface area contributed by atoms with Crippen LogP contribution >= 0.6 is 0 Å². The monoisotopic (exact) mass is 357 g/mol. The summed E-state index contributed by atoms with van der Waals surface area (Å²) in [6.07, 6.45) is 0. The van der Waals surface area contributed by atoms with Gasteiger partial charge < -0.3 is 9.47 Å². The number of para-hydroxylation sites is 1. The third-order valence-corrected chi connectivity index (χ3v) is 4.38. The van der Waals surface area contributed by atoms with Crippen LogP contribution in [0.5, 0.6) is 11.5 Å². The Bertz CT molecular complexity index is 1130. The second kappa shape index (κ2) is 7.03. The molecule has 134 valence electrons. The Morgan fingerprint density at radius 3 is 2.33 bits per heavy atom. The molecule has 0 radical (unpaired) electrons. The molecule has 5 heteroatoms. The van der Waals surface area contributed by atoms with Gasteiger partial charge in [0.2, 0.25) is 0 Å². The van der Waals surface area contributed by atoms with E-state index in [1.807, 2.05) is 67.6 Å². The second-order valence-corrected chi connectivity index (χ2v) is 6.15. The van der Waals surface area contributed by atoms with Gasteiger partial charge in [0.1, 0.15) is 5.69 Å². The van der Waals surface area contributed by atoms with Crippen LogP contribution in [0.1, 0.15) is 5.69 Å². The summed E-state index contributed by atoms with van der Waals surface area (Å²) in [6, 6.07) is 19.6. The Labute approximate surface area is 157 Å². The summed E-state index contributed by atoms with van der Waals surface area (Å²) in [5, 5.41) is 0.973. The summed E-state index contributed by atoms with van der Waals surface area (Å²) in [6.45, 7) is 1.96. The highest BCUT2D eigenvalue weighted by molar-refractivity contribution is 5.93. The van der Waals surface area contributed by atoms with Crippen molar-refractivity contribution in [1.82, 2.24) is 15.0 Å². The van der Waals surface area contributed by atoms with Gasteiger partial charge in [0.15, 0.2) is 17.3 Å². The number of aryl methyl sites for hydroxylation is 1. The third kappa shape index (κ3) is 3.19. The Kier molecular flexibility index (Phi) is 4.42. The van der Waals surface area contributed by atoms with Crippen molar-refractivity contribution in [2.24, 2.45) is 0 Å². The number of fused-ring (bicyclic) bond motifs is 1. The fourth-order valence-electron chi connectivity index (χ4n) is 3.06. The minimum absolute atomic E-state index is 0.599. The molecule has 0 N–H and O–H groups in total. The number of ether oxygens (including phenoxy) is 2. The number of pyridine rings is 1. The van der Waals surface area contributed by atoms with E-state index in [-0.39, 0.29) is 0 Å². The molecular formula is C22H19N3O2. The molecule has 27 heavy (non-hydrogen) atoms. The molecule has 0 aliphatic heterocycles. The van der Waals surface area contributed by atoms with Crippen LogP contribution in [0.25, 0.3) is 33.7 Å². The number of aromatic nitrogens is 3. The lowest BCUT2D eigenvalue weighted by molar-refractivity contribution is 0.355. The minimum atomic E-state index is 0.599. The molecule has 0 fully saturated rings. The highest BCUT2D eigenvalue weighted by Gasteiger charge is 2.14. The number of rotatable bonds is 4. The van der Waals surface area contributed by atoms with Crippen LogP contribution < -0.4 is 9.47 Å². The smallest absolute Gasteiger partial charge is 0.179 e. The highest BCUT2D eigenvalue weighted by atomic mass is 16.5. The summed E-state index contributed by atoms with van der Waals surface area (Å²) in [5.74, 6) is 1.94. The van der Waals surface area contributed by atoms with E-state index in [1.165, 1.54) is 0 Å². The second-order valence-electron chi connectivity index (χ2n) is 6.15. The summed E-state index contributed by atoms with van der Waals surface area (Å²) < 4.78 is 10.8. The first-order valence-electron chi connectivity index (χ1n) is 8.63. The summed E-state index contributed by atoms with van der Waals surface area (Å²) >= 11 is 0. The number of benzene rings is 2. The zero-order valence-corrected chi connectivity index (χ0v) is 15.4. The van der Waals surface area contributed by atoms with E-state index < -0.39 is 0 Å². The maximum absolute atomic E-state index is 5.46. The standard InChI is InChI=1S/C22H19N3O2/c1-14-7-6-10-18(23-14)22-24-17-9-5-4-8-16(17)21(25-22)15-11-12-19(26-2)20(13-15)27-3/h4-13H,1-3H3. The first kappa shape index (κ1) is 17.0. The summed E-state index contributed by atoms with van der Waals surface area (Å²) in [5.41, 5.74) is 4.31. The van der Waals surface area contributed by atoms with Crippen molar-refractivity contribution < 1.29 is 9.47 Å². The predicted molar refractivity (Wildman–Crippen MR) is 106 cm³/mol. The van der Waals surface area contributed by atoms with E-state index in [0.717, 1.165) is 33.5 Å².